The van der Waals surface area contributed by atoms with Crippen LogP contribution in [-0.4, -0.2) is 30.8 Å². The summed E-state index contributed by atoms with van der Waals surface area (Å²) in [4.78, 5) is 10.2. The molecule has 0 aromatic carbocycles. The van der Waals surface area contributed by atoms with Crippen molar-refractivity contribution < 1.29 is 60.8 Å². The summed E-state index contributed by atoms with van der Waals surface area (Å²) in [5.74, 6) is -1.33. The van der Waals surface area contributed by atoms with Gasteiger partial charge >= 0.3 is 44.9 Å². The van der Waals surface area contributed by atoms with Gasteiger partial charge in [-0.3, -0.25) is 15.9 Å². The Bertz CT molecular complexity index is 312. The van der Waals surface area contributed by atoms with E-state index in [1.54, 1.807) is 6.08 Å². The monoisotopic (exact) mass is 238 g/mol. The average molecular weight is 238 g/mol. The molecule has 0 spiro atoms. The van der Waals surface area contributed by atoms with E-state index in [1.165, 1.54) is 0 Å². The van der Waals surface area contributed by atoms with E-state index >= 15 is 0 Å². The summed E-state index contributed by atoms with van der Waals surface area (Å²) in [6.07, 6.45) is 1.57. The van der Waals surface area contributed by atoms with E-state index in [0.717, 1.165) is 0 Å². The first-order chi connectivity index (χ1) is 5.70. The summed E-state index contributed by atoms with van der Waals surface area (Å²) in [5.41, 5.74) is 0. The third-order valence-corrected chi connectivity index (χ3v) is 1.77. The molecule has 0 bridgehead atoms. The predicted molar refractivity (Wildman–Crippen MR) is 36.3 cm³/mol. The van der Waals surface area contributed by atoms with Crippen LogP contribution in [0.5, 0.6) is 0 Å². The van der Waals surface area contributed by atoms with Gasteiger partial charge in [0, 0.05) is 0 Å². The Balaban J connectivity index is 0. The first-order valence-electron chi connectivity index (χ1n) is 2.75. The molecule has 0 aromatic heterocycles. The zero-order chi connectivity index (χ0) is 10.7. The van der Waals surface area contributed by atoms with Gasteiger partial charge in [-0.1, -0.05) is 0 Å². The number of carbonyl (C=O) groups is 1. The molecule has 0 radical (unpaired) electrons. The largest absolute Gasteiger partial charge is 1.00 e. The molecule has 0 aliphatic carbocycles. The fourth-order valence-electron chi connectivity index (χ4n) is 0.275. The van der Waals surface area contributed by atoms with Crippen LogP contribution in [0.4, 0.5) is 8.78 Å². The predicted octanol–water partition coefficient (Wildman–Crippen LogP) is -3.00. The fraction of sp³-hybridized carbons (Fsp3) is 0.400. The summed E-state index contributed by atoms with van der Waals surface area (Å²) >= 11 is 0. The van der Waals surface area contributed by atoms with Gasteiger partial charge in [-0.2, -0.15) is 17.2 Å². The topological polar surface area (TPSA) is 80.7 Å². The Morgan fingerprint density at radius 3 is 2.29 bits per heavy atom. The third-order valence-electron chi connectivity index (χ3n) is 0.893. The number of halogens is 2. The number of rotatable bonds is 4. The van der Waals surface area contributed by atoms with Crippen molar-refractivity contribution in [3.05, 3.63) is 12.7 Å². The molecule has 0 rings (SSSR count). The van der Waals surface area contributed by atoms with Gasteiger partial charge in [0.25, 0.3) is 0 Å². The van der Waals surface area contributed by atoms with E-state index in [4.69, 9.17) is 4.55 Å². The molecule has 5 nitrogen and oxygen atoms in total. The Hall–Kier alpha value is -0.0200. The average Bonchev–Trinajstić information content (AvgIpc) is 1.98. The Kier molecular flexibility index (Phi) is 6.75. The Labute approximate surface area is 101 Å². The zero-order valence-electron chi connectivity index (χ0n) is 7.16. The molecule has 1 N–H and O–H groups in total. The van der Waals surface area contributed by atoms with Gasteiger partial charge in [0.2, 0.25) is 0 Å². The van der Waals surface area contributed by atoms with Crippen LogP contribution in [0.1, 0.15) is 0 Å². The van der Waals surface area contributed by atoms with E-state index < -0.39 is 27.9 Å². The SMILES string of the molecule is C=[C-]C(=O)OCC(F)(F)S(=O)(=O)O.[Na+]. The molecule has 0 saturated carbocycles. The smallest absolute Gasteiger partial charge is 0.482 e. The molecule has 76 valence electrons. The molecule has 0 aliphatic rings. The quantitative estimate of drug-likeness (QED) is 0.186. The number of esters is 1. The number of hydrogen-bond donors (Lipinski definition) is 1. The van der Waals surface area contributed by atoms with Gasteiger partial charge in [0.05, 0.1) is 0 Å². The van der Waals surface area contributed by atoms with Crippen LogP contribution in [0.3, 0.4) is 0 Å². The first kappa shape index (κ1) is 16.4. The van der Waals surface area contributed by atoms with Crippen molar-refractivity contribution in [1.29, 1.82) is 0 Å². The first-order valence-corrected chi connectivity index (χ1v) is 4.19. The molecule has 0 aromatic rings. The summed E-state index contributed by atoms with van der Waals surface area (Å²) in [6, 6.07) is 0. The second-order valence-corrected chi connectivity index (χ2v) is 3.41. The van der Waals surface area contributed by atoms with Crippen molar-refractivity contribution in [2.45, 2.75) is 5.25 Å². The number of hydrogen-bond acceptors (Lipinski definition) is 4. The summed E-state index contributed by atoms with van der Waals surface area (Å²) < 4.78 is 56.0. The van der Waals surface area contributed by atoms with Crippen molar-refractivity contribution >= 4 is 16.1 Å². The molecule has 0 heterocycles. The minimum Gasteiger partial charge on any atom is -0.482 e. The van der Waals surface area contributed by atoms with Crippen molar-refractivity contribution in [3.63, 3.8) is 0 Å². The number of alkyl halides is 2. The van der Waals surface area contributed by atoms with E-state index in [-0.39, 0.29) is 29.6 Å². The minimum atomic E-state index is -5.56. The van der Waals surface area contributed by atoms with E-state index in [1.807, 2.05) is 0 Å². The van der Waals surface area contributed by atoms with Crippen molar-refractivity contribution in [2.24, 2.45) is 0 Å². The van der Waals surface area contributed by atoms with Crippen LogP contribution in [0.2, 0.25) is 0 Å². The van der Waals surface area contributed by atoms with Crippen LogP contribution in [0, 0.1) is 6.08 Å². The molecule has 0 aliphatic heterocycles. The van der Waals surface area contributed by atoms with Crippen LogP contribution < -0.4 is 29.6 Å². The van der Waals surface area contributed by atoms with E-state index in [0.29, 0.717) is 0 Å². The van der Waals surface area contributed by atoms with Gasteiger partial charge in [0.1, 0.15) is 5.97 Å². The van der Waals surface area contributed by atoms with Crippen molar-refractivity contribution in [2.75, 3.05) is 6.61 Å². The summed E-state index contributed by atoms with van der Waals surface area (Å²) in [6.45, 7) is 0.996. The van der Waals surface area contributed by atoms with Gasteiger partial charge < -0.3 is 10.8 Å². The second kappa shape index (κ2) is 5.76. The second-order valence-electron chi connectivity index (χ2n) is 1.87. The van der Waals surface area contributed by atoms with Gasteiger partial charge in [-0.15, -0.1) is 0 Å². The number of carbonyl (C=O) groups excluding carboxylic acids is 1. The van der Waals surface area contributed by atoms with Gasteiger partial charge in [-0.05, 0) is 0 Å². The van der Waals surface area contributed by atoms with Crippen LogP contribution >= 0.6 is 0 Å². The minimum absolute atomic E-state index is 0. The molecule has 0 saturated heterocycles. The normalized spacial score (nSPS) is 11.4. The summed E-state index contributed by atoms with van der Waals surface area (Å²) in [5, 5.41) is -4.51. The standard InChI is InChI=1S/C5H5F2O5S.Na/c1-2-4(8)12-3-5(6,7)13(9,10)11;/h1,3H2,(H,9,10,11);/q-1;+1. The third kappa shape index (κ3) is 5.01. The molecular formula is C5H5F2NaO5S. The van der Waals surface area contributed by atoms with Crippen LogP contribution in [-0.2, 0) is 19.6 Å². The molecule has 0 amide bonds. The maximum atomic E-state index is 12.3. The summed E-state index contributed by atoms with van der Waals surface area (Å²) in [7, 11) is -5.56. The van der Waals surface area contributed by atoms with Crippen LogP contribution in [0.15, 0.2) is 6.58 Å². The zero-order valence-corrected chi connectivity index (χ0v) is 9.98. The maximum absolute atomic E-state index is 12.3. The molecule has 14 heavy (non-hydrogen) atoms. The molecular weight excluding hydrogens is 233 g/mol. The van der Waals surface area contributed by atoms with Crippen LogP contribution in [0.25, 0.3) is 0 Å². The fourth-order valence-corrected chi connectivity index (χ4v) is 0.483. The number of ether oxygens (including phenoxy) is 1. The molecule has 0 fully saturated rings. The van der Waals surface area contributed by atoms with Crippen molar-refractivity contribution in [3.8, 4) is 0 Å². The van der Waals surface area contributed by atoms with E-state index in [2.05, 4.69) is 11.3 Å². The molecule has 9 heteroatoms. The van der Waals surface area contributed by atoms with Gasteiger partial charge in [0.15, 0.2) is 6.61 Å². The van der Waals surface area contributed by atoms with Crippen molar-refractivity contribution in [1.82, 2.24) is 0 Å². The Morgan fingerprint density at radius 2 is 2.00 bits per heavy atom. The molecule has 0 atom stereocenters. The van der Waals surface area contributed by atoms with Gasteiger partial charge in [-0.25, -0.2) is 0 Å². The Morgan fingerprint density at radius 1 is 1.57 bits per heavy atom. The maximum Gasteiger partial charge on any atom is 1.00 e. The molecule has 0 unspecified atom stereocenters. The van der Waals surface area contributed by atoms with E-state index in [9.17, 15) is 22.0 Å².